The molecule has 1 aliphatic heterocycles. The van der Waals surface area contributed by atoms with E-state index in [9.17, 15) is 8.42 Å². The summed E-state index contributed by atoms with van der Waals surface area (Å²) in [7, 11) is -3.47. The number of sulfonamides is 1. The van der Waals surface area contributed by atoms with Gasteiger partial charge in [-0.25, -0.2) is 8.42 Å². The van der Waals surface area contributed by atoms with E-state index < -0.39 is 10.0 Å². The summed E-state index contributed by atoms with van der Waals surface area (Å²) in [5.74, 6) is 0.394. The second kappa shape index (κ2) is 7.32. The molecule has 0 aliphatic carbocycles. The van der Waals surface area contributed by atoms with Crippen LogP contribution >= 0.6 is 0 Å². The van der Waals surface area contributed by atoms with Crippen LogP contribution in [-0.4, -0.2) is 38.0 Å². The van der Waals surface area contributed by atoms with Gasteiger partial charge in [-0.05, 0) is 43.4 Å². The predicted octanol–water partition coefficient (Wildman–Crippen LogP) is 3.56. The quantitative estimate of drug-likeness (QED) is 0.824. The van der Waals surface area contributed by atoms with E-state index in [1.807, 2.05) is 19.9 Å². The molecule has 130 valence electrons. The third-order valence-electron chi connectivity index (χ3n) is 4.27. The SMILES string of the molecule is CCCc1cc(C(C)C)ccc1S(=O)(=O)N1CC(C)OC(C)C1. The third kappa shape index (κ3) is 4.14. The molecule has 23 heavy (non-hydrogen) atoms. The van der Waals surface area contributed by atoms with Crippen LogP contribution in [0.5, 0.6) is 0 Å². The first-order chi connectivity index (χ1) is 10.8. The Bertz CT molecular complexity index is 630. The molecule has 1 fully saturated rings. The monoisotopic (exact) mass is 339 g/mol. The lowest BCUT2D eigenvalue weighted by Gasteiger charge is -2.34. The van der Waals surface area contributed by atoms with Gasteiger partial charge in [0.25, 0.3) is 0 Å². The predicted molar refractivity (Wildman–Crippen MR) is 93.3 cm³/mol. The van der Waals surface area contributed by atoms with E-state index in [0.29, 0.717) is 23.9 Å². The zero-order valence-electron chi connectivity index (χ0n) is 14.9. The Morgan fingerprint density at radius 2 is 1.83 bits per heavy atom. The molecular weight excluding hydrogens is 310 g/mol. The average molecular weight is 340 g/mol. The molecule has 2 unspecified atom stereocenters. The normalized spacial score (nSPS) is 23.4. The Morgan fingerprint density at radius 3 is 2.35 bits per heavy atom. The van der Waals surface area contributed by atoms with Gasteiger partial charge in [-0.3, -0.25) is 0 Å². The molecule has 1 heterocycles. The maximum absolute atomic E-state index is 13.1. The van der Waals surface area contributed by atoms with Crippen molar-refractivity contribution in [3.8, 4) is 0 Å². The second-order valence-electron chi connectivity index (χ2n) is 6.85. The highest BCUT2D eigenvalue weighted by atomic mass is 32.2. The van der Waals surface area contributed by atoms with Gasteiger partial charge in [0, 0.05) is 13.1 Å². The van der Waals surface area contributed by atoms with Crippen molar-refractivity contribution < 1.29 is 13.2 Å². The van der Waals surface area contributed by atoms with Crippen molar-refractivity contribution >= 4 is 10.0 Å². The fourth-order valence-electron chi connectivity index (χ4n) is 3.14. The van der Waals surface area contributed by atoms with Crippen molar-refractivity contribution in [3.05, 3.63) is 29.3 Å². The van der Waals surface area contributed by atoms with Crippen LogP contribution < -0.4 is 0 Å². The average Bonchev–Trinajstić information content (AvgIpc) is 2.46. The van der Waals surface area contributed by atoms with E-state index in [1.54, 1.807) is 10.4 Å². The van der Waals surface area contributed by atoms with E-state index in [-0.39, 0.29) is 12.2 Å². The summed E-state index contributed by atoms with van der Waals surface area (Å²) in [5, 5.41) is 0. The van der Waals surface area contributed by atoms with E-state index in [2.05, 4.69) is 26.8 Å². The summed E-state index contributed by atoms with van der Waals surface area (Å²) in [5.41, 5.74) is 2.13. The molecule has 0 bridgehead atoms. The highest BCUT2D eigenvalue weighted by Gasteiger charge is 2.33. The molecule has 2 rings (SSSR count). The third-order valence-corrected chi connectivity index (χ3v) is 6.21. The van der Waals surface area contributed by atoms with Gasteiger partial charge < -0.3 is 4.74 Å². The number of benzene rings is 1. The molecule has 2 atom stereocenters. The molecule has 1 aromatic carbocycles. The van der Waals surface area contributed by atoms with Crippen molar-refractivity contribution in [2.45, 2.75) is 70.5 Å². The lowest BCUT2D eigenvalue weighted by atomic mass is 9.99. The molecule has 4 nitrogen and oxygen atoms in total. The summed E-state index contributed by atoms with van der Waals surface area (Å²) >= 11 is 0. The number of rotatable bonds is 5. The van der Waals surface area contributed by atoms with Gasteiger partial charge in [0.05, 0.1) is 17.1 Å². The topological polar surface area (TPSA) is 46.6 Å². The molecule has 0 saturated carbocycles. The lowest BCUT2D eigenvalue weighted by molar-refractivity contribution is -0.0441. The fraction of sp³-hybridized carbons (Fsp3) is 0.667. The highest BCUT2D eigenvalue weighted by molar-refractivity contribution is 7.89. The molecular formula is C18H29NO3S. The van der Waals surface area contributed by atoms with E-state index >= 15 is 0 Å². The van der Waals surface area contributed by atoms with Gasteiger partial charge in [0.1, 0.15) is 0 Å². The van der Waals surface area contributed by atoms with Crippen molar-refractivity contribution in [3.63, 3.8) is 0 Å². The van der Waals surface area contributed by atoms with Gasteiger partial charge in [-0.1, -0.05) is 39.3 Å². The van der Waals surface area contributed by atoms with Gasteiger partial charge in [0.2, 0.25) is 10.0 Å². The van der Waals surface area contributed by atoms with Crippen molar-refractivity contribution in [2.75, 3.05) is 13.1 Å². The van der Waals surface area contributed by atoms with Gasteiger partial charge in [-0.2, -0.15) is 4.31 Å². The van der Waals surface area contributed by atoms with E-state index in [1.165, 1.54) is 5.56 Å². The molecule has 1 aromatic rings. The van der Waals surface area contributed by atoms with Crippen molar-refractivity contribution in [1.82, 2.24) is 4.31 Å². The van der Waals surface area contributed by atoms with Crippen LogP contribution in [0.3, 0.4) is 0 Å². The maximum atomic E-state index is 13.1. The Morgan fingerprint density at radius 1 is 1.22 bits per heavy atom. The molecule has 0 radical (unpaired) electrons. The first-order valence-electron chi connectivity index (χ1n) is 8.54. The van der Waals surface area contributed by atoms with Crippen LogP contribution in [0.15, 0.2) is 23.1 Å². The molecule has 0 amide bonds. The maximum Gasteiger partial charge on any atom is 0.243 e. The molecule has 0 aromatic heterocycles. The van der Waals surface area contributed by atoms with Crippen molar-refractivity contribution in [1.29, 1.82) is 0 Å². The van der Waals surface area contributed by atoms with E-state index in [0.717, 1.165) is 18.4 Å². The van der Waals surface area contributed by atoms with Crippen LogP contribution in [0.4, 0.5) is 0 Å². The summed E-state index contributed by atoms with van der Waals surface area (Å²) in [6.45, 7) is 11.0. The first kappa shape index (κ1) is 18.4. The molecule has 0 N–H and O–H groups in total. The number of hydrogen-bond donors (Lipinski definition) is 0. The zero-order valence-corrected chi connectivity index (χ0v) is 15.7. The summed E-state index contributed by atoms with van der Waals surface area (Å²) in [4.78, 5) is 0.463. The van der Waals surface area contributed by atoms with Crippen LogP contribution in [0.2, 0.25) is 0 Å². The minimum atomic E-state index is -3.47. The Labute approximate surface area is 140 Å². The summed E-state index contributed by atoms with van der Waals surface area (Å²) in [6.07, 6.45) is 1.57. The molecule has 0 spiro atoms. The number of ether oxygens (including phenoxy) is 1. The van der Waals surface area contributed by atoms with Crippen LogP contribution in [0, 0.1) is 0 Å². The summed E-state index contributed by atoms with van der Waals surface area (Å²) in [6, 6.07) is 5.80. The first-order valence-corrected chi connectivity index (χ1v) is 9.98. The standard InChI is InChI=1S/C18H29NO3S/c1-6-7-17-10-16(13(2)3)8-9-18(17)23(20,21)19-11-14(4)22-15(5)12-19/h8-10,13-15H,6-7,11-12H2,1-5H3. The number of hydrogen-bond acceptors (Lipinski definition) is 3. The minimum absolute atomic E-state index is 0.0712. The van der Waals surface area contributed by atoms with Crippen LogP contribution in [0.25, 0.3) is 0 Å². The Kier molecular flexibility index (Phi) is 5.87. The number of aryl methyl sites for hydroxylation is 1. The Hall–Kier alpha value is -0.910. The Balaban J connectivity index is 2.42. The van der Waals surface area contributed by atoms with Crippen LogP contribution in [-0.2, 0) is 21.2 Å². The van der Waals surface area contributed by atoms with Crippen molar-refractivity contribution in [2.24, 2.45) is 0 Å². The molecule has 5 heteroatoms. The van der Waals surface area contributed by atoms with Gasteiger partial charge in [-0.15, -0.1) is 0 Å². The fourth-order valence-corrected chi connectivity index (χ4v) is 4.96. The largest absolute Gasteiger partial charge is 0.373 e. The smallest absolute Gasteiger partial charge is 0.243 e. The molecule has 1 aliphatic rings. The number of morpholine rings is 1. The lowest BCUT2D eigenvalue weighted by Crippen LogP contribution is -2.48. The summed E-state index contributed by atoms with van der Waals surface area (Å²) < 4.78 is 33.5. The van der Waals surface area contributed by atoms with Gasteiger partial charge in [0.15, 0.2) is 0 Å². The highest BCUT2D eigenvalue weighted by Crippen LogP contribution is 2.27. The van der Waals surface area contributed by atoms with Gasteiger partial charge >= 0.3 is 0 Å². The second-order valence-corrected chi connectivity index (χ2v) is 8.76. The minimum Gasteiger partial charge on any atom is -0.373 e. The van der Waals surface area contributed by atoms with E-state index in [4.69, 9.17) is 4.74 Å². The number of nitrogens with zero attached hydrogens (tertiary/aromatic N) is 1. The molecule has 1 saturated heterocycles. The zero-order chi connectivity index (χ0) is 17.2. The van der Waals surface area contributed by atoms with Crippen LogP contribution in [0.1, 0.15) is 58.1 Å².